The molecule has 0 heterocycles. The van der Waals surface area contributed by atoms with Crippen molar-refractivity contribution in [3.63, 3.8) is 0 Å². The molecule has 0 saturated carbocycles. The predicted octanol–water partition coefficient (Wildman–Crippen LogP) is 1.22. The van der Waals surface area contributed by atoms with Gasteiger partial charge in [0, 0.05) is 5.56 Å². The maximum Gasteiger partial charge on any atom is 0.309 e. The Bertz CT molecular complexity index is 370. The van der Waals surface area contributed by atoms with Gasteiger partial charge in [0.25, 0.3) is 0 Å². The Morgan fingerprint density at radius 1 is 1.40 bits per heavy atom. The quantitative estimate of drug-likeness (QED) is 0.577. The first-order chi connectivity index (χ1) is 7.13. The van der Waals surface area contributed by atoms with Crippen molar-refractivity contribution in [1.29, 1.82) is 0 Å². The highest BCUT2D eigenvalue weighted by Crippen LogP contribution is 2.12. The van der Waals surface area contributed by atoms with Gasteiger partial charge in [-0.1, -0.05) is 5.16 Å². The number of aromatic hydroxyl groups is 1. The Morgan fingerprint density at radius 3 is 2.47 bits per heavy atom. The van der Waals surface area contributed by atoms with Gasteiger partial charge in [-0.2, -0.15) is 0 Å². The van der Waals surface area contributed by atoms with Gasteiger partial charge in [0.1, 0.15) is 12.9 Å². The molecular weight excluding hydrogens is 198 g/mol. The first kappa shape index (κ1) is 11.0. The van der Waals surface area contributed by atoms with E-state index in [1.807, 2.05) is 0 Å². The fraction of sp³-hybridized carbons (Fsp3) is 0.200. The van der Waals surface area contributed by atoms with Crippen LogP contribution in [0.15, 0.2) is 29.4 Å². The van der Waals surface area contributed by atoms with Crippen molar-refractivity contribution >= 4 is 11.7 Å². The standard InChI is InChI=1S/C10H11NO4/c1-15-11-9(6-10(13)14)7-2-4-8(12)5-3-7/h2-5,12H,6H2,1H3,(H,13,14). The number of carboxylic acid groups (broad SMARTS) is 1. The molecule has 0 bridgehead atoms. The lowest BCUT2D eigenvalue weighted by atomic mass is 10.1. The van der Waals surface area contributed by atoms with Gasteiger partial charge >= 0.3 is 5.97 Å². The molecule has 0 aliphatic rings. The molecule has 0 saturated heterocycles. The van der Waals surface area contributed by atoms with Crippen LogP contribution in [0.25, 0.3) is 0 Å². The predicted molar refractivity (Wildman–Crippen MR) is 53.9 cm³/mol. The third kappa shape index (κ3) is 3.30. The summed E-state index contributed by atoms with van der Waals surface area (Å²) in [7, 11) is 1.35. The van der Waals surface area contributed by atoms with Crippen molar-refractivity contribution < 1.29 is 19.8 Å². The molecule has 1 rings (SSSR count). The summed E-state index contributed by atoms with van der Waals surface area (Å²) < 4.78 is 0. The minimum absolute atomic E-state index is 0.117. The lowest BCUT2D eigenvalue weighted by Crippen LogP contribution is -2.08. The fourth-order valence-corrected chi connectivity index (χ4v) is 1.09. The minimum Gasteiger partial charge on any atom is -0.508 e. The van der Waals surface area contributed by atoms with E-state index in [9.17, 15) is 4.79 Å². The van der Waals surface area contributed by atoms with Crippen LogP contribution in [0, 0.1) is 0 Å². The van der Waals surface area contributed by atoms with E-state index in [1.165, 1.54) is 19.2 Å². The number of carbonyl (C=O) groups is 1. The molecule has 15 heavy (non-hydrogen) atoms. The monoisotopic (exact) mass is 209 g/mol. The Balaban J connectivity index is 2.94. The first-order valence-corrected chi connectivity index (χ1v) is 4.24. The molecule has 5 heteroatoms. The van der Waals surface area contributed by atoms with Gasteiger partial charge in [-0.05, 0) is 24.3 Å². The highest BCUT2D eigenvalue weighted by atomic mass is 16.6. The molecular formula is C10H11NO4. The zero-order chi connectivity index (χ0) is 11.3. The molecule has 0 unspecified atom stereocenters. The molecule has 0 aliphatic heterocycles. The number of hydrogen-bond donors (Lipinski definition) is 2. The zero-order valence-electron chi connectivity index (χ0n) is 8.17. The molecule has 0 aliphatic carbocycles. The number of benzene rings is 1. The number of rotatable bonds is 4. The van der Waals surface area contributed by atoms with Crippen LogP contribution in [0.4, 0.5) is 0 Å². The Hall–Kier alpha value is -2.04. The Kier molecular flexibility index (Phi) is 3.68. The molecule has 0 fully saturated rings. The zero-order valence-corrected chi connectivity index (χ0v) is 8.17. The maximum absolute atomic E-state index is 10.5. The minimum atomic E-state index is -0.987. The summed E-state index contributed by atoms with van der Waals surface area (Å²) in [5, 5.41) is 21.3. The van der Waals surface area contributed by atoms with Gasteiger partial charge in [0.05, 0.1) is 12.1 Å². The molecule has 80 valence electrons. The summed E-state index contributed by atoms with van der Waals surface area (Å²) in [6.07, 6.45) is -0.224. The number of hydrogen-bond acceptors (Lipinski definition) is 4. The van der Waals surface area contributed by atoms with Gasteiger partial charge in [0.15, 0.2) is 0 Å². The van der Waals surface area contributed by atoms with Crippen molar-refractivity contribution in [3.8, 4) is 5.75 Å². The van der Waals surface area contributed by atoms with Crippen molar-refractivity contribution in [2.45, 2.75) is 6.42 Å². The third-order valence-corrected chi connectivity index (χ3v) is 1.72. The van der Waals surface area contributed by atoms with E-state index in [2.05, 4.69) is 9.99 Å². The van der Waals surface area contributed by atoms with Crippen LogP contribution in [0.5, 0.6) is 5.75 Å². The molecule has 1 aromatic rings. The Labute approximate surface area is 86.6 Å². The summed E-state index contributed by atoms with van der Waals surface area (Å²) in [5.41, 5.74) is 0.919. The summed E-state index contributed by atoms with van der Waals surface area (Å²) in [6, 6.07) is 6.08. The third-order valence-electron chi connectivity index (χ3n) is 1.72. The van der Waals surface area contributed by atoms with E-state index in [1.54, 1.807) is 12.1 Å². The van der Waals surface area contributed by atoms with E-state index >= 15 is 0 Å². The number of aliphatic carboxylic acids is 1. The van der Waals surface area contributed by atoms with Crippen LogP contribution in [-0.2, 0) is 9.63 Å². The van der Waals surface area contributed by atoms with Gasteiger partial charge < -0.3 is 15.1 Å². The van der Waals surface area contributed by atoms with E-state index < -0.39 is 5.97 Å². The average molecular weight is 209 g/mol. The SMILES string of the molecule is CON=C(CC(=O)O)c1ccc(O)cc1. The molecule has 0 spiro atoms. The van der Waals surface area contributed by atoms with Crippen LogP contribution >= 0.6 is 0 Å². The van der Waals surface area contributed by atoms with Crippen LogP contribution in [0.1, 0.15) is 12.0 Å². The van der Waals surface area contributed by atoms with Crippen LogP contribution in [0.2, 0.25) is 0 Å². The number of phenols is 1. The molecule has 2 N–H and O–H groups in total. The first-order valence-electron chi connectivity index (χ1n) is 4.24. The van der Waals surface area contributed by atoms with Crippen LogP contribution in [-0.4, -0.2) is 29.0 Å². The van der Waals surface area contributed by atoms with Gasteiger partial charge in [-0.3, -0.25) is 4.79 Å². The van der Waals surface area contributed by atoms with Gasteiger partial charge in [-0.25, -0.2) is 0 Å². The van der Waals surface area contributed by atoms with E-state index in [0.29, 0.717) is 11.3 Å². The number of oxime groups is 1. The topological polar surface area (TPSA) is 79.1 Å². The van der Waals surface area contributed by atoms with Gasteiger partial charge in [-0.15, -0.1) is 0 Å². The molecule has 1 aromatic carbocycles. The molecule has 5 nitrogen and oxygen atoms in total. The highest BCUT2D eigenvalue weighted by molar-refractivity contribution is 6.08. The van der Waals surface area contributed by atoms with Crippen molar-refractivity contribution in [2.24, 2.45) is 5.16 Å². The van der Waals surface area contributed by atoms with Crippen molar-refractivity contribution in [3.05, 3.63) is 29.8 Å². The van der Waals surface area contributed by atoms with Crippen molar-refractivity contribution in [2.75, 3.05) is 7.11 Å². The van der Waals surface area contributed by atoms with Crippen LogP contribution in [0.3, 0.4) is 0 Å². The fourth-order valence-electron chi connectivity index (χ4n) is 1.09. The Morgan fingerprint density at radius 2 is 2.00 bits per heavy atom. The molecule has 0 amide bonds. The number of phenolic OH excluding ortho intramolecular Hbond substituents is 1. The van der Waals surface area contributed by atoms with Crippen LogP contribution < -0.4 is 0 Å². The second kappa shape index (κ2) is 4.99. The number of nitrogens with zero attached hydrogens (tertiary/aromatic N) is 1. The summed E-state index contributed by atoms with van der Waals surface area (Å²) in [6.45, 7) is 0. The van der Waals surface area contributed by atoms with E-state index in [0.717, 1.165) is 0 Å². The maximum atomic E-state index is 10.5. The molecule has 0 aromatic heterocycles. The smallest absolute Gasteiger partial charge is 0.309 e. The van der Waals surface area contributed by atoms with E-state index in [-0.39, 0.29) is 12.2 Å². The molecule has 0 atom stereocenters. The molecule has 0 radical (unpaired) electrons. The summed E-state index contributed by atoms with van der Waals surface area (Å²) >= 11 is 0. The van der Waals surface area contributed by atoms with E-state index in [4.69, 9.17) is 10.2 Å². The second-order valence-electron chi connectivity index (χ2n) is 2.84. The lowest BCUT2D eigenvalue weighted by Gasteiger charge is -2.02. The number of carboxylic acids is 1. The summed E-state index contributed by atoms with van der Waals surface area (Å²) in [4.78, 5) is 15.1. The summed E-state index contributed by atoms with van der Waals surface area (Å²) in [5.74, 6) is -0.871. The lowest BCUT2D eigenvalue weighted by molar-refractivity contribution is -0.135. The largest absolute Gasteiger partial charge is 0.508 e. The average Bonchev–Trinajstić information content (AvgIpc) is 2.17. The highest BCUT2D eigenvalue weighted by Gasteiger charge is 2.09. The van der Waals surface area contributed by atoms with Gasteiger partial charge in [0.2, 0.25) is 0 Å². The normalized spacial score (nSPS) is 11.1. The van der Waals surface area contributed by atoms with Crippen molar-refractivity contribution in [1.82, 2.24) is 0 Å². The second-order valence-corrected chi connectivity index (χ2v) is 2.84.